The number of halogens is 2. The van der Waals surface area contributed by atoms with Gasteiger partial charge in [0, 0.05) is 17.6 Å². The summed E-state index contributed by atoms with van der Waals surface area (Å²) in [5.41, 5.74) is -0.487. The number of benzene rings is 2. The van der Waals surface area contributed by atoms with Crippen LogP contribution in [-0.2, 0) is 19.6 Å². The first-order valence-corrected chi connectivity index (χ1v) is 11.2. The Labute approximate surface area is 180 Å². The minimum atomic E-state index is -3.80. The molecule has 160 valence electrons. The Morgan fingerprint density at radius 2 is 1.87 bits per heavy atom. The Bertz CT molecular complexity index is 1090. The molecular formula is C19H18BrFN2O6S. The van der Waals surface area contributed by atoms with E-state index in [2.05, 4.69) is 21.2 Å². The van der Waals surface area contributed by atoms with Crippen molar-refractivity contribution in [2.45, 2.75) is 17.7 Å². The summed E-state index contributed by atoms with van der Waals surface area (Å²) < 4.78 is 45.7. The molecule has 0 atom stereocenters. The van der Waals surface area contributed by atoms with Crippen LogP contribution in [0.3, 0.4) is 0 Å². The highest BCUT2D eigenvalue weighted by molar-refractivity contribution is 9.10. The van der Waals surface area contributed by atoms with E-state index in [1.165, 1.54) is 22.5 Å². The zero-order valence-corrected chi connectivity index (χ0v) is 18.0. The molecule has 11 heteroatoms. The molecule has 0 unspecified atom stereocenters. The number of phenols is 1. The number of ether oxygens (including phenoxy) is 1. The number of anilines is 1. The van der Waals surface area contributed by atoms with Gasteiger partial charge >= 0.3 is 5.97 Å². The van der Waals surface area contributed by atoms with Crippen molar-refractivity contribution in [3.8, 4) is 5.75 Å². The van der Waals surface area contributed by atoms with Gasteiger partial charge < -0.3 is 15.2 Å². The average molecular weight is 501 g/mol. The third-order valence-corrected chi connectivity index (χ3v) is 6.82. The second-order valence-corrected chi connectivity index (χ2v) is 9.39. The summed E-state index contributed by atoms with van der Waals surface area (Å²) in [5, 5.41) is 12.2. The summed E-state index contributed by atoms with van der Waals surface area (Å²) >= 11 is 3.09. The van der Waals surface area contributed by atoms with Crippen molar-refractivity contribution in [2.75, 3.05) is 25.0 Å². The average Bonchev–Trinajstić information content (AvgIpc) is 3.24. The number of amides is 1. The monoisotopic (exact) mass is 500 g/mol. The molecule has 1 aliphatic heterocycles. The second-order valence-electron chi connectivity index (χ2n) is 6.54. The first-order valence-electron chi connectivity index (χ1n) is 8.93. The number of nitrogens with zero attached hydrogens (tertiary/aromatic N) is 1. The van der Waals surface area contributed by atoms with Gasteiger partial charge in [-0.1, -0.05) is 15.9 Å². The Kier molecular flexibility index (Phi) is 6.74. The van der Waals surface area contributed by atoms with Crippen molar-refractivity contribution in [2.24, 2.45) is 0 Å². The van der Waals surface area contributed by atoms with Gasteiger partial charge in [-0.05, 0) is 49.2 Å². The van der Waals surface area contributed by atoms with Crippen LogP contribution in [0.5, 0.6) is 5.75 Å². The van der Waals surface area contributed by atoms with Crippen LogP contribution in [0.25, 0.3) is 0 Å². The number of hydrogen-bond donors (Lipinski definition) is 2. The Balaban J connectivity index is 1.68. The van der Waals surface area contributed by atoms with E-state index in [1.54, 1.807) is 0 Å². The van der Waals surface area contributed by atoms with E-state index in [4.69, 9.17) is 4.74 Å². The van der Waals surface area contributed by atoms with Crippen LogP contribution >= 0.6 is 15.9 Å². The quantitative estimate of drug-likeness (QED) is 0.589. The van der Waals surface area contributed by atoms with E-state index in [9.17, 15) is 27.5 Å². The van der Waals surface area contributed by atoms with Gasteiger partial charge in [0.1, 0.15) is 17.1 Å². The topological polar surface area (TPSA) is 113 Å². The predicted molar refractivity (Wildman–Crippen MR) is 109 cm³/mol. The molecule has 3 rings (SSSR count). The summed E-state index contributed by atoms with van der Waals surface area (Å²) in [6.07, 6.45) is 1.50. The first-order chi connectivity index (χ1) is 14.2. The largest absolute Gasteiger partial charge is 0.507 e. The maximum absolute atomic E-state index is 13.8. The van der Waals surface area contributed by atoms with Gasteiger partial charge in [0.05, 0.1) is 10.6 Å². The van der Waals surface area contributed by atoms with E-state index < -0.39 is 45.6 Å². The number of carbonyl (C=O) groups excluding carboxylic acids is 2. The molecule has 2 aromatic rings. The molecule has 1 amide bonds. The molecule has 30 heavy (non-hydrogen) atoms. The lowest BCUT2D eigenvalue weighted by molar-refractivity contribution is -0.119. The number of phenolic OH excluding ortho intramolecular Hbond substituents is 1. The van der Waals surface area contributed by atoms with Crippen LogP contribution in [0.15, 0.2) is 45.8 Å². The van der Waals surface area contributed by atoms with E-state index in [-0.39, 0.29) is 10.6 Å². The highest BCUT2D eigenvalue weighted by Gasteiger charge is 2.28. The lowest BCUT2D eigenvalue weighted by Gasteiger charge is -2.16. The molecule has 0 aliphatic carbocycles. The molecule has 0 saturated carbocycles. The summed E-state index contributed by atoms with van der Waals surface area (Å²) in [6, 6.07) is 7.30. The fourth-order valence-electron chi connectivity index (χ4n) is 2.90. The van der Waals surface area contributed by atoms with Crippen LogP contribution in [0.4, 0.5) is 10.1 Å². The molecule has 0 bridgehead atoms. The molecule has 8 nitrogen and oxygen atoms in total. The molecule has 1 saturated heterocycles. The van der Waals surface area contributed by atoms with Gasteiger partial charge in [0.2, 0.25) is 10.0 Å². The Morgan fingerprint density at radius 3 is 2.53 bits per heavy atom. The number of rotatable bonds is 6. The van der Waals surface area contributed by atoms with E-state index in [0.717, 1.165) is 31.0 Å². The molecule has 1 heterocycles. The maximum atomic E-state index is 13.8. The lowest BCUT2D eigenvalue weighted by atomic mass is 10.2. The minimum Gasteiger partial charge on any atom is -0.507 e. The van der Waals surface area contributed by atoms with Crippen molar-refractivity contribution in [3.05, 3.63) is 52.3 Å². The molecule has 2 aromatic carbocycles. The van der Waals surface area contributed by atoms with E-state index >= 15 is 0 Å². The Hall–Kier alpha value is -2.50. The standard InChI is InChI=1S/C19H18BrFN2O6S/c20-12-3-5-16(15(21)9-12)22-18(25)11-29-19(26)14-10-13(4-6-17(14)24)30(27,28)23-7-1-2-8-23/h3-6,9-10,24H,1-2,7-8,11H2,(H,22,25). The van der Waals surface area contributed by atoms with Gasteiger partial charge in [-0.3, -0.25) is 4.79 Å². The first kappa shape index (κ1) is 22.2. The number of carbonyl (C=O) groups is 2. The van der Waals surface area contributed by atoms with Gasteiger partial charge in [-0.25, -0.2) is 17.6 Å². The number of nitrogens with one attached hydrogen (secondary N) is 1. The zero-order chi connectivity index (χ0) is 21.9. The highest BCUT2D eigenvalue weighted by atomic mass is 79.9. The van der Waals surface area contributed by atoms with Crippen molar-refractivity contribution in [1.29, 1.82) is 0 Å². The van der Waals surface area contributed by atoms with Gasteiger partial charge in [-0.15, -0.1) is 0 Å². The van der Waals surface area contributed by atoms with E-state index in [1.807, 2.05) is 0 Å². The smallest absolute Gasteiger partial charge is 0.342 e. The molecule has 2 N–H and O–H groups in total. The number of hydrogen-bond acceptors (Lipinski definition) is 6. The summed E-state index contributed by atoms with van der Waals surface area (Å²) in [5.74, 6) is -3.05. The normalized spacial score (nSPS) is 14.5. The molecule has 0 aromatic heterocycles. The zero-order valence-electron chi connectivity index (χ0n) is 15.6. The molecule has 0 spiro atoms. The van der Waals surface area contributed by atoms with Crippen molar-refractivity contribution in [1.82, 2.24) is 4.31 Å². The highest BCUT2D eigenvalue weighted by Crippen LogP contribution is 2.26. The van der Waals surface area contributed by atoms with Gasteiger partial charge in [0.15, 0.2) is 6.61 Å². The predicted octanol–water partition coefficient (Wildman–Crippen LogP) is 2.87. The van der Waals surface area contributed by atoms with Crippen LogP contribution in [-0.4, -0.2) is 49.4 Å². The summed E-state index contributed by atoms with van der Waals surface area (Å²) in [7, 11) is -3.80. The molecule has 1 fully saturated rings. The number of aromatic hydroxyl groups is 1. The van der Waals surface area contributed by atoms with Crippen LogP contribution in [0, 0.1) is 5.82 Å². The van der Waals surface area contributed by atoms with Crippen LogP contribution in [0.1, 0.15) is 23.2 Å². The number of esters is 1. The van der Waals surface area contributed by atoms with Gasteiger partial charge in [-0.2, -0.15) is 4.31 Å². The molecule has 1 aliphatic rings. The second kappa shape index (κ2) is 9.11. The van der Waals surface area contributed by atoms with Crippen molar-refractivity contribution < 1.29 is 32.2 Å². The molecule has 0 radical (unpaired) electrons. The molecular weight excluding hydrogens is 483 g/mol. The van der Waals surface area contributed by atoms with E-state index in [0.29, 0.717) is 17.6 Å². The fourth-order valence-corrected chi connectivity index (χ4v) is 4.78. The van der Waals surface area contributed by atoms with Crippen molar-refractivity contribution >= 4 is 43.5 Å². The maximum Gasteiger partial charge on any atom is 0.342 e. The fraction of sp³-hybridized carbons (Fsp3) is 0.263. The lowest BCUT2D eigenvalue weighted by Crippen LogP contribution is -2.28. The summed E-state index contributed by atoms with van der Waals surface area (Å²) in [4.78, 5) is 24.1. The third kappa shape index (κ3) is 4.97. The third-order valence-electron chi connectivity index (χ3n) is 4.43. The van der Waals surface area contributed by atoms with Crippen LogP contribution < -0.4 is 5.32 Å². The van der Waals surface area contributed by atoms with Gasteiger partial charge in [0.25, 0.3) is 5.91 Å². The Morgan fingerprint density at radius 1 is 1.17 bits per heavy atom. The van der Waals surface area contributed by atoms with Crippen molar-refractivity contribution in [3.63, 3.8) is 0 Å². The number of sulfonamides is 1. The SMILES string of the molecule is O=C(COC(=O)c1cc(S(=O)(=O)N2CCCC2)ccc1O)Nc1ccc(Br)cc1F. The van der Waals surface area contributed by atoms with Crippen LogP contribution in [0.2, 0.25) is 0 Å². The summed E-state index contributed by atoms with van der Waals surface area (Å²) in [6.45, 7) is 0.0163. The minimum absolute atomic E-state index is 0.0965.